The van der Waals surface area contributed by atoms with Crippen molar-refractivity contribution >= 4 is 22.8 Å². The predicted molar refractivity (Wildman–Crippen MR) is 110 cm³/mol. The van der Waals surface area contributed by atoms with Gasteiger partial charge in [0.2, 0.25) is 11.9 Å². The van der Waals surface area contributed by atoms with Crippen molar-refractivity contribution in [2.24, 2.45) is 0 Å². The lowest BCUT2D eigenvalue weighted by Gasteiger charge is -2.07. The van der Waals surface area contributed by atoms with Gasteiger partial charge >= 0.3 is 5.63 Å². The molecule has 9 heteroatoms. The SMILES string of the molecule is COc1ccc(-c2nc(NC(=O)Cc3c(C)c4ccc(O)cc4oc3=O)n[nH]2)cc1. The second-order valence-electron chi connectivity index (χ2n) is 6.63. The van der Waals surface area contributed by atoms with Gasteiger partial charge in [-0.2, -0.15) is 4.98 Å². The molecule has 0 fully saturated rings. The van der Waals surface area contributed by atoms with Crippen LogP contribution in [0.2, 0.25) is 0 Å². The summed E-state index contributed by atoms with van der Waals surface area (Å²) in [6.45, 7) is 1.73. The maximum Gasteiger partial charge on any atom is 0.340 e. The molecule has 0 unspecified atom stereocenters. The maximum atomic E-state index is 12.5. The molecule has 0 aliphatic carbocycles. The van der Waals surface area contributed by atoms with Crippen molar-refractivity contribution in [1.82, 2.24) is 15.2 Å². The first-order valence-corrected chi connectivity index (χ1v) is 9.06. The lowest BCUT2D eigenvalue weighted by molar-refractivity contribution is -0.115. The highest BCUT2D eigenvalue weighted by Crippen LogP contribution is 2.24. The number of benzene rings is 2. The quantitative estimate of drug-likeness (QED) is 0.434. The molecule has 0 spiro atoms. The largest absolute Gasteiger partial charge is 0.508 e. The number of carbonyl (C=O) groups excluding carboxylic acids is 1. The van der Waals surface area contributed by atoms with Gasteiger partial charge in [0.1, 0.15) is 17.1 Å². The fourth-order valence-corrected chi connectivity index (χ4v) is 3.11. The standard InChI is InChI=1S/C21H18N4O5/c1-11-15-8-5-13(26)9-17(15)30-20(28)16(11)10-18(27)22-21-23-19(24-25-21)12-3-6-14(29-2)7-4-12/h3-9,26H,10H2,1-2H3,(H2,22,23,24,25,27). The number of aromatic amines is 1. The molecule has 0 saturated heterocycles. The lowest BCUT2D eigenvalue weighted by atomic mass is 10.0. The number of H-pyrrole nitrogens is 1. The number of aromatic nitrogens is 3. The van der Waals surface area contributed by atoms with E-state index in [2.05, 4.69) is 20.5 Å². The Bertz CT molecular complexity index is 1290. The Hall–Kier alpha value is -4.14. The van der Waals surface area contributed by atoms with Crippen LogP contribution in [-0.2, 0) is 11.2 Å². The molecule has 0 aliphatic heterocycles. The van der Waals surface area contributed by atoms with Crippen molar-refractivity contribution in [3.05, 3.63) is 64.0 Å². The third kappa shape index (κ3) is 3.72. The second-order valence-corrected chi connectivity index (χ2v) is 6.63. The monoisotopic (exact) mass is 406 g/mol. The van der Waals surface area contributed by atoms with Crippen LogP contribution in [0.25, 0.3) is 22.4 Å². The predicted octanol–water partition coefficient (Wildman–Crippen LogP) is 2.78. The Morgan fingerprint density at radius 3 is 2.73 bits per heavy atom. The van der Waals surface area contributed by atoms with Gasteiger partial charge < -0.3 is 14.3 Å². The lowest BCUT2D eigenvalue weighted by Crippen LogP contribution is -2.21. The Kier molecular flexibility index (Phi) is 4.93. The summed E-state index contributed by atoms with van der Waals surface area (Å²) in [6.07, 6.45) is -0.197. The van der Waals surface area contributed by atoms with E-state index in [1.54, 1.807) is 32.2 Å². The molecule has 9 nitrogen and oxygen atoms in total. The molecule has 0 radical (unpaired) electrons. The van der Waals surface area contributed by atoms with Crippen molar-refractivity contribution in [3.63, 3.8) is 0 Å². The third-order valence-corrected chi connectivity index (χ3v) is 4.71. The number of rotatable bonds is 5. The summed E-state index contributed by atoms with van der Waals surface area (Å²) < 4.78 is 10.4. The van der Waals surface area contributed by atoms with Crippen molar-refractivity contribution in [2.75, 3.05) is 12.4 Å². The Morgan fingerprint density at radius 1 is 1.23 bits per heavy atom. The van der Waals surface area contributed by atoms with Gasteiger partial charge in [-0.15, -0.1) is 5.10 Å². The highest BCUT2D eigenvalue weighted by atomic mass is 16.5. The number of methoxy groups -OCH3 is 1. The van der Waals surface area contributed by atoms with Crippen molar-refractivity contribution in [3.8, 4) is 22.9 Å². The van der Waals surface area contributed by atoms with E-state index in [0.29, 0.717) is 22.5 Å². The van der Waals surface area contributed by atoms with Gasteiger partial charge in [0.15, 0.2) is 5.82 Å². The summed E-state index contributed by atoms with van der Waals surface area (Å²) in [4.78, 5) is 29.0. The minimum Gasteiger partial charge on any atom is -0.508 e. The number of aryl methyl sites for hydroxylation is 1. The van der Waals surface area contributed by atoms with Crippen LogP contribution in [-0.4, -0.2) is 33.3 Å². The Labute approximate surface area is 170 Å². The molecule has 0 saturated carbocycles. The van der Waals surface area contributed by atoms with Crippen molar-refractivity contribution in [2.45, 2.75) is 13.3 Å². The fourth-order valence-electron chi connectivity index (χ4n) is 3.11. The van der Waals surface area contributed by atoms with Crippen LogP contribution in [0.3, 0.4) is 0 Å². The molecule has 152 valence electrons. The summed E-state index contributed by atoms with van der Waals surface area (Å²) in [6, 6.07) is 11.7. The number of phenols is 1. The van der Waals surface area contributed by atoms with E-state index < -0.39 is 11.5 Å². The number of aromatic hydroxyl groups is 1. The number of hydrogen-bond acceptors (Lipinski definition) is 7. The van der Waals surface area contributed by atoms with Crippen molar-refractivity contribution in [1.29, 1.82) is 0 Å². The molecule has 0 atom stereocenters. The molecular weight excluding hydrogens is 388 g/mol. The number of nitrogens with zero attached hydrogens (tertiary/aromatic N) is 2. The van der Waals surface area contributed by atoms with Gasteiger partial charge in [0.05, 0.1) is 19.1 Å². The van der Waals surface area contributed by atoms with E-state index in [-0.39, 0.29) is 29.3 Å². The van der Waals surface area contributed by atoms with Crippen LogP contribution in [0, 0.1) is 6.92 Å². The van der Waals surface area contributed by atoms with E-state index in [9.17, 15) is 14.7 Å². The van der Waals surface area contributed by atoms with Crippen LogP contribution in [0.5, 0.6) is 11.5 Å². The van der Waals surface area contributed by atoms with Crippen molar-refractivity contribution < 1.29 is 19.1 Å². The second kappa shape index (κ2) is 7.70. The maximum absolute atomic E-state index is 12.5. The number of carbonyl (C=O) groups is 1. The molecule has 0 aliphatic rings. The number of amides is 1. The summed E-state index contributed by atoms with van der Waals surface area (Å²) in [5.74, 6) is 0.830. The minimum atomic E-state index is -0.630. The first-order valence-electron chi connectivity index (χ1n) is 9.06. The smallest absolute Gasteiger partial charge is 0.340 e. The molecule has 2 heterocycles. The summed E-state index contributed by atoms with van der Waals surface area (Å²) >= 11 is 0. The topological polar surface area (TPSA) is 130 Å². The average molecular weight is 406 g/mol. The highest BCUT2D eigenvalue weighted by Gasteiger charge is 2.17. The zero-order valence-corrected chi connectivity index (χ0v) is 16.2. The summed E-state index contributed by atoms with van der Waals surface area (Å²) in [5, 5.41) is 19.5. The van der Waals surface area contributed by atoms with E-state index in [0.717, 1.165) is 5.56 Å². The zero-order chi connectivity index (χ0) is 21.3. The number of anilines is 1. The Morgan fingerprint density at radius 2 is 2.00 bits per heavy atom. The molecule has 4 aromatic rings. The third-order valence-electron chi connectivity index (χ3n) is 4.71. The molecule has 4 rings (SSSR count). The molecule has 1 amide bonds. The van der Waals surface area contributed by atoms with E-state index in [4.69, 9.17) is 9.15 Å². The van der Waals surface area contributed by atoms with Crippen LogP contribution in [0.1, 0.15) is 11.1 Å². The van der Waals surface area contributed by atoms with E-state index in [1.807, 2.05) is 12.1 Å². The molecule has 2 aromatic carbocycles. The number of ether oxygens (including phenoxy) is 1. The molecular formula is C21H18N4O5. The van der Waals surface area contributed by atoms with Crippen LogP contribution in [0.15, 0.2) is 51.7 Å². The Balaban J connectivity index is 1.52. The number of hydrogen-bond donors (Lipinski definition) is 3. The van der Waals surface area contributed by atoms with Gasteiger partial charge in [0.25, 0.3) is 0 Å². The van der Waals surface area contributed by atoms with Gasteiger partial charge in [-0.1, -0.05) is 0 Å². The van der Waals surface area contributed by atoms with Crippen LogP contribution >= 0.6 is 0 Å². The number of nitrogens with one attached hydrogen (secondary N) is 2. The summed E-state index contributed by atoms with van der Waals surface area (Å²) in [5.41, 5.74) is 1.26. The summed E-state index contributed by atoms with van der Waals surface area (Å²) in [7, 11) is 1.58. The normalized spacial score (nSPS) is 10.9. The average Bonchev–Trinajstić information content (AvgIpc) is 3.19. The number of fused-ring (bicyclic) bond motifs is 1. The minimum absolute atomic E-state index is 0.00665. The first kappa shape index (κ1) is 19.2. The van der Waals surface area contributed by atoms with E-state index in [1.165, 1.54) is 12.1 Å². The molecule has 2 aromatic heterocycles. The molecule has 30 heavy (non-hydrogen) atoms. The van der Waals surface area contributed by atoms with Gasteiger partial charge in [-0.05, 0) is 48.9 Å². The first-order chi connectivity index (χ1) is 14.4. The highest BCUT2D eigenvalue weighted by molar-refractivity contribution is 5.92. The van der Waals surface area contributed by atoms with Crippen LogP contribution < -0.4 is 15.7 Å². The van der Waals surface area contributed by atoms with Gasteiger partial charge in [-0.3, -0.25) is 15.2 Å². The number of phenolic OH excluding ortho intramolecular Hbond substituents is 1. The van der Waals surface area contributed by atoms with Crippen LogP contribution in [0.4, 0.5) is 5.95 Å². The fraction of sp³-hybridized carbons (Fsp3) is 0.143. The van der Waals surface area contributed by atoms with Gasteiger partial charge in [-0.25, -0.2) is 4.79 Å². The van der Waals surface area contributed by atoms with Gasteiger partial charge in [0, 0.05) is 17.0 Å². The molecule has 0 bridgehead atoms. The molecule has 3 N–H and O–H groups in total. The zero-order valence-electron chi connectivity index (χ0n) is 16.2. The van der Waals surface area contributed by atoms with E-state index >= 15 is 0 Å².